The molecule has 3 fully saturated rings. The fraction of sp³-hybridized carbons (Fsp3) is 0.632. The third kappa shape index (κ3) is 2.94. The van der Waals surface area contributed by atoms with Crippen LogP contribution < -0.4 is 10.2 Å². The minimum absolute atomic E-state index is 0.0261. The first-order chi connectivity index (χ1) is 12.6. The van der Waals surface area contributed by atoms with E-state index in [0.29, 0.717) is 6.67 Å². The molecule has 3 heterocycles. The Labute approximate surface area is 154 Å². The summed E-state index contributed by atoms with van der Waals surface area (Å²) in [6.45, 7) is 5.80. The number of carbonyl (C=O) groups is 2. The van der Waals surface area contributed by atoms with Crippen molar-refractivity contribution >= 4 is 17.8 Å². The molecule has 2 aliphatic heterocycles. The molecular weight excluding hydrogens is 330 g/mol. The van der Waals surface area contributed by atoms with E-state index in [1.165, 1.54) is 4.90 Å². The average molecular weight is 357 g/mol. The molecule has 7 heteroatoms. The van der Waals surface area contributed by atoms with Gasteiger partial charge in [0.25, 0.3) is 5.91 Å². The van der Waals surface area contributed by atoms with Gasteiger partial charge < -0.3 is 10.2 Å². The van der Waals surface area contributed by atoms with Crippen molar-refractivity contribution in [3.63, 3.8) is 0 Å². The molecule has 3 aliphatic rings. The fourth-order valence-corrected chi connectivity index (χ4v) is 4.48. The number of nitrogens with one attached hydrogen (secondary N) is 1. The summed E-state index contributed by atoms with van der Waals surface area (Å²) in [5.41, 5.74) is -0.662. The first-order valence-electron chi connectivity index (χ1n) is 9.62. The largest absolute Gasteiger partial charge is 0.354 e. The van der Waals surface area contributed by atoms with Gasteiger partial charge in [0.05, 0.1) is 6.67 Å². The highest BCUT2D eigenvalue weighted by molar-refractivity contribution is 6.07. The maximum absolute atomic E-state index is 13.1. The van der Waals surface area contributed by atoms with Crippen LogP contribution in [-0.2, 0) is 4.79 Å². The Hall–Kier alpha value is -2.15. The van der Waals surface area contributed by atoms with Crippen molar-refractivity contribution in [3.8, 4) is 0 Å². The number of hydrogen-bond acceptors (Lipinski definition) is 5. The van der Waals surface area contributed by atoms with Crippen LogP contribution in [0.25, 0.3) is 0 Å². The number of hydrogen-bond donors (Lipinski definition) is 1. The van der Waals surface area contributed by atoms with Gasteiger partial charge in [-0.1, -0.05) is 25.8 Å². The topological polar surface area (TPSA) is 68.8 Å². The van der Waals surface area contributed by atoms with Gasteiger partial charge in [0.1, 0.15) is 11.4 Å². The number of imide groups is 1. The average Bonchev–Trinajstić information content (AvgIpc) is 2.90. The summed E-state index contributed by atoms with van der Waals surface area (Å²) < 4.78 is 0. The van der Waals surface area contributed by atoms with Gasteiger partial charge in [-0.3, -0.25) is 9.69 Å². The summed E-state index contributed by atoms with van der Waals surface area (Å²) in [6, 6.07) is 5.70. The van der Waals surface area contributed by atoms with Crippen molar-refractivity contribution in [1.82, 2.24) is 20.1 Å². The lowest BCUT2D eigenvalue weighted by atomic mass is 9.73. The molecule has 4 rings (SSSR count). The Bertz CT molecular complexity index is 674. The van der Waals surface area contributed by atoms with Crippen LogP contribution in [0.3, 0.4) is 0 Å². The summed E-state index contributed by atoms with van der Waals surface area (Å²) >= 11 is 0. The van der Waals surface area contributed by atoms with Gasteiger partial charge in [0.15, 0.2) is 0 Å². The number of pyridine rings is 1. The van der Waals surface area contributed by atoms with E-state index in [2.05, 4.69) is 27.0 Å². The number of nitrogens with zero attached hydrogens (tertiary/aromatic N) is 4. The van der Waals surface area contributed by atoms with Gasteiger partial charge in [-0.25, -0.2) is 14.7 Å². The highest BCUT2D eigenvalue weighted by Gasteiger charge is 2.55. The van der Waals surface area contributed by atoms with Crippen LogP contribution >= 0.6 is 0 Å². The Kier molecular flexibility index (Phi) is 4.56. The Balaban J connectivity index is 1.38. The number of urea groups is 1. The molecule has 1 aliphatic carbocycles. The summed E-state index contributed by atoms with van der Waals surface area (Å²) in [6.07, 6.45) is 5.72. The van der Waals surface area contributed by atoms with E-state index in [0.717, 1.165) is 57.7 Å². The molecule has 0 bridgehead atoms. The lowest BCUT2D eigenvalue weighted by molar-refractivity contribution is -0.135. The molecule has 1 N–H and O–H groups in total. The first-order valence-corrected chi connectivity index (χ1v) is 9.62. The quantitative estimate of drug-likeness (QED) is 0.834. The fourth-order valence-electron chi connectivity index (χ4n) is 4.48. The third-order valence-corrected chi connectivity index (χ3v) is 6.19. The van der Waals surface area contributed by atoms with Gasteiger partial charge in [-0.05, 0) is 30.9 Å². The van der Waals surface area contributed by atoms with E-state index < -0.39 is 5.54 Å². The van der Waals surface area contributed by atoms with Crippen molar-refractivity contribution in [1.29, 1.82) is 0 Å². The number of anilines is 1. The minimum Gasteiger partial charge on any atom is -0.354 e. The molecule has 2 atom stereocenters. The van der Waals surface area contributed by atoms with Crippen LogP contribution in [-0.4, -0.2) is 65.1 Å². The summed E-state index contributed by atoms with van der Waals surface area (Å²) in [4.78, 5) is 35.8. The number of piperazine rings is 1. The highest BCUT2D eigenvalue weighted by atomic mass is 16.2. The van der Waals surface area contributed by atoms with E-state index >= 15 is 0 Å². The third-order valence-electron chi connectivity index (χ3n) is 6.19. The van der Waals surface area contributed by atoms with E-state index in [4.69, 9.17) is 0 Å². The van der Waals surface area contributed by atoms with Crippen LogP contribution in [0.2, 0.25) is 0 Å². The maximum Gasteiger partial charge on any atom is 0.326 e. The summed E-state index contributed by atoms with van der Waals surface area (Å²) in [7, 11) is 0. The second-order valence-corrected chi connectivity index (χ2v) is 7.72. The van der Waals surface area contributed by atoms with E-state index in [1.807, 2.05) is 18.2 Å². The van der Waals surface area contributed by atoms with Crippen molar-refractivity contribution in [2.75, 3.05) is 37.7 Å². The zero-order chi connectivity index (χ0) is 18.1. The van der Waals surface area contributed by atoms with E-state index in [1.54, 1.807) is 6.20 Å². The Morgan fingerprint density at radius 1 is 1.19 bits per heavy atom. The van der Waals surface area contributed by atoms with Crippen LogP contribution in [0.4, 0.5) is 10.6 Å². The van der Waals surface area contributed by atoms with E-state index in [-0.39, 0.29) is 17.9 Å². The number of aromatic nitrogens is 1. The molecule has 0 radical (unpaired) electrons. The molecule has 7 nitrogen and oxygen atoms in total. The van der Waals surface area contributed by atoms with Crippen LogP contribution in [0, 0.1) is 5.92 Å². The molecule has 26 heavy (non-hydrogen) atoms. The molecule has 1 spiro atoms. The van der Waals surface area contributed by atoms with Crippen molar-refractivity contribution < 1.29 is 9.59 Å². The van der Waals surface area contributed by atoms with Crippen LogP contribution in [0.1, 0.15) is 32.6 Å². The lowest BCUT2D eigenvalue weighted by Crippen LogP contribution is -2.55. The number of rotatable bonds is 3. The van der Waals surface area contributed by atoms with Crippen molar-refractivity contribution in [3.05, 3.63) is 24.4 Å². The normalized spacial score (nSPS) is 30.1. The molecule has 0 aromatic carbocycles. The molecule has 1 aromatic rings. The molecule has 1 aromatic heterocycles. The maximum atomic E-state index is 13.1. The molecule has 0 unspecified atom stereocenters. The molecule has 140 valence electrons. The summed E-state index contributed by atoms with van der Waals surface area (Å²) in [5, 5.41) is 3.03. The second kappa shape index (κ2) is 6.87. The van der Waals surface area contributed by atoms with Crippen molar-refractivity contribution in [2.45, 2.75) is 38.1 Å². The van der Waals surface area contributed by atoms with E-state index in [9.17, 15) is 9.59 Å². The van der Waals surface area contributed by atoms with Gasteiger partial charge >= 0.3 is 6.03 Å². The molecular formula is C19H27N5O2. The predicted octanol–water partition coefficient (Wildman–Crippen LogP) is 1.66. The van der Waals surface area contributed by atoms with Gasteiger partial charge in [0.2, 0.25) is 0 Å². The second-order valence-electron chi connectivity index (χ2n) is 7.72. The zero-order valence-corrected chi connectivity index (χ0v) is 15.4. The van der Waals surface area contributed by atoms with Crippen molar-refractivity contribution in [2.24, 2.45) is 5.92 Å². The van der Waals surface area contributed by atoms with Gasteiger partial charge in [0, 0.05) is 32.4 Å². The highest BCUT2D eigenvalue weighted by Crippen LogP contribution is 2.38. The molecule has 3 amide bonds. The van der Waals surface area contributed by atoms with Gasteiger partial charge in [-0.2, -0.15) is 0 Å². The van der Waals surface area contributed by atoms with Crippen LogP contribution in [0.5, 0.6) is 0 Å². The smallest absolute Gasteiger partial charge is 0.326 e. The first kappa shape index (κ1) is 17.3. The summed E-state index contributed by atoms with van der Waals surface area (Å²) in [5.74, 6) is 1.16. The zero-order valence-electron chi connectivity index (χ0n) is 15.4. The molecule has 1 saturated carbocycles. The monoisotopic (exact) mass is 357 g/mol. The lowest BCUT2D eigenvalue weighted by Gasteiger charge is -2.38. The number of amides is 3. The Morgan fingerprint density at radius 3 is 2.69 bits per heavy atom. The predicted molar refractivity (Wildman–Crippen MR) is 98.6 cm³/mol. The Morgan fingerprint density at radius 2 is 2.00 bits per heavy atom. The minimum atomic E-state index is -0.662. The standard InChI is InChI=1S/C19H27N5O2/c1-15-6-2-4-8-19(15)17(25)24(18(26)21-19)14-22-10-12-23(13-11-22)16-7-3-5-9-20-16/h3,5,7,9,15H,2,4,6,8,10-14H2,1H3,(H,21,26)/t15-,19-/m0/s1. The number of carbonyl (C=O) groups excluding carboxylic acids is 2. The molecule has 2 saturated heterocycles. The van der Waals surface area contributed by atoms with Crippen LogP contribution in [0.15, 0.2) is 24.4 Å². The SMILES string of the molecule is C[C@H]1CCCC[C@]12NC(=O)N(CN1CCN(c3ccccn3)CC1)C2=O. The van der Waals surface area contributed by atoms with Gasteiger partial charge in [-0.15, -0.1) is 0 Å².